The molecule has 9 heteroatoms. The molecule has 3 N–H and O–H groups in total. The first-order chi connectivity index (χ1) is 13.9. The second-order valence-corrected chi connectivity index (χ2v) is 7.36. The van der Waals surface area contributed by atoms with E-state index in [1.54, 1.807) is 0 Å². The van der Waals surface area contributed by atoms with Crippen LogP contribution in [0.1, 0.15) is 29.0 Å². The van der Waals surface area contributed by atoms with Crippen molar-refractivity contribution < 1.29 is 14.3 Å². The summed E-state index contributed by atoms with van der Waals surface area (Å²) in [5.41, 5.74) is 2.41. The Hall–Kier alpha value is -3.20. The zero-order chi connectivity index (χ0) is 20.5. The highest BCUT2D eigenvalue weighted by Crippen LogP contribution is 2.30. The molecule has 2 amide bonds. The minimum absolute atomic E-state index is 0.106. The lowest BCUT2D eigenvalue weighted by Gasteiger charge is -2.29. The number of amides is 2. The van der Waals surface area contributed by atoms with Gasteiger partial charge in [0.2, 0.25) is 17.8 Å². The molecule has 0 saturated carbocycles. The molecule has 1 saturated heterocycles. The first-order valence-electron chi connectivity index (χ1n) is 9.57. The second-order valence-electron chi connectivity index (χ2n) is 7.36. The van der Waals surface area contributed by atoms with Gasteiger partial charge in [0.05, 0.1) is 24.7 Å². The maximum atomic E-state index is 13.0. The molecule has 0 radical (unpaired) electrons. The second kappa shape index (κ2) is 7.67. The van der Waals surface area contributed by atoms with Crippen LogP contribution in [-0.4, -0.2) is 48.1 Å². The Morgan fingerprint density at radius 3 is 2.72 bits per heavy atom. The van der Waals surface area contributed by atoms with Crippen LogP contribution in [0.5, 0.6) is 0 Å². The number of rotatable bonds is 3. The molecule has 2 aliphatic heterocycles. The highest BCUT2D eigenvalue weighted by atomic mass is 16.5. The molecule has 1 fully saturated rings. The average molecular weight is 397 g/mol. The van der Waals surface area contributed by atoms with Crippen molar-refractivity contribution in [2.24, 2.45) is 0 Å². The topological polar surface area (TPSA) is 116 Å². The first kappa shape index (κ1) is 19.1. The molecular weight excluding hydrogens is 374 g/mol. The Bertz CT molecular complexity index is 1030. The lowest BCUT2D eigenvalue weighted by molar-refractivity contribution is -0.123. The molecule has 152 valence electrons. The summed E-state index contributed by atoms with van der Waals surface area (Å²) >= 11 is 0. The van der Waals surface area contributed by atoms with Crippen LogP contribution in [0.2, 0.25) is 0 Å². The molecule has 3 heterocycles. The number of anilines is 3. The standard InChI is InChI=1S/C20H23N5O4/c1-11-3-4-14(12(2)9-11)21-18(27)13-10-15(26)22-17-16(13)19(28)24-20(23-17)25-5-7-29-8-6-25/h3-4,9,13H,5-8,10H2,1-2H3,(H,21,27)(H2,22,23,24,26,28)/t13-/m1/s1. The van der Waals surface area contributed by atoms with E-state index >= 15 is 0 Å². The van der Waals surface area contributed by atoms with Crippen molar-refractivity contribution in [1.29, 1.82) is 0 Å². The number of aromatic nitrogens is 2. The van der Waals surface area contributed by atoms with E-state index in [0.29, 0.717) is 37.9 Å². The number of fused-ring (bicyclic) bond motifs is 1. The van der Waals surface area contributed by atoms with Gasteiger partial charge in [-0.2, -0.15) is 4.98 Å². The summed E-state index contributed by atoms with van der Waals surface area (Å²) in [5, 5.41) is 5.49. The van der Waals surface area contributed by atoms with Gasteiger partial charge in [0, 0.05) is 25.2 Å². The molecule has 2 aliphatic rings. The fourth-order valence-corrected chi connectivity index (χ4v) is 3.68. The minimum Gasteiger partial charge on any atom is -0.378 e. The van der Waals surface area contributed by atoms with Crippen LogP contribution in [0.3, 0.4) is 0 Å². The summed E-state index contributed by atoms with van der Waals surface area (Å²) in [4.78, 5) is 47.1. The summed E-state index contributed by atoms with van der Waals surface area (Å²) in [7, 11) is 0. The van der Waals surface area contributed by atoms with E-state index < -0.39 is 17.4 Å². The minimum atomic E-state index is -0.908. The third-order valence-electron chi connectivity index (χ3n) is 5.21. The van der Waals surface area contributed by atoms with E-state index in [4.69, 9.17) is 4.74 Å². The predicted octanol–water partition coefficient (Wildman–Crippen LogP) is 1.29. The largest absolute Gasteiger partial charge is 0.378 e. The number of H-pyrrole nitrogens is 1. The summed E-state index contributed by atoms with van der Waals surface area (Å²) in [6.45, 7) is 6.12. The van der Waals surface area contributed by atoms with Gasteiger partial charge in [0.1, 0.15) is 5.82 Å². The van der Waals surface area contributed by atoms with Crippen molar-refractivity contribution in [1.82, 2.24) is 9.97 Å². The van der Waals surface area contributed by atoms with E-state index in [9.17, 15) is 14.4 Å². The number of carbonyl (C=O) groups excluding carboxylic acids is 2. The lowest BCUT2D eigenvalue weighted by atomic mass is 9.92. The monoisotopic (exact) mass is 397 g/mol. The Labute approximate surface area is 167 Å². The SMILES string of the molecule is Cc1ccc(NC(=O)[C@@H]2CC(=O)Nc3nc(N4CCOCC4)[nH]c(=O)c32)c(C)c1. The Balaban J connectivity index is 1.65. The number of hydrogen-bond donors (Lipinski definition) is 3. The number of aromatic amines is 1. The van der Waals surface area contributed by atoms with Crippen LogP contribution in [-0.2, 0) is 14.3 Å². The van der Waals surface area contributed by atoms with E-state index in [-0.39, 0.29) is 23.7 Å². The fraction of sp³-hybridized carbons (Fsp3) is 0.400. The fourth-order valence-electron chi connectivity index (χ4n) is 3.68. The van der Waals surface area contributed by atoms with Crippen molar-refractivity contribution in [3.8, 4) is 0 Å². The lowest BCUT2D eigenvalue weighted by Crippen LogP contribution is -2.41. The van der Waals surface area contributed by atoms with Crippen LogP contribution >= 0.6 is 0 Å². The predicted molar refractivity (Wildman–Crippen MR) is 108 cm³/mol. The van der Waals surface area contributed by atoms with Crippen LogP contribution in [0.25, 0.3) is 0 Å². The molecule has 0 aliphatic carbocycles. The number of aryl methyl sites for hydroxylation is 2. The zero-order valence-electron chi connectivity index (χ0n) is 16.4. The Morgan fingerprint density at radius 1 is 1.24 bits per heavy atom. The van der Waals surface area contributed by atoms with Gasteiger partial charge in [0.15, 0.2) is 0 Å². The quantitative estimate of drug-likeness (QED) is 0.719. The highest BCUT2D eigenvalue weighted by molar-refractivity contribution is 6.04. The Kier molecular flexibility index (Phi) is 5.06. The molecular formula is C20H23N5O4. The summed E-state index contributed by atoms with van der Waals surface area (Å²) < 4.78 is 5.32. The molecule has 0 unspecified atom stereocenters. The summed E-state index contributed by atoms with van der Waals surface area (Å²) in [6.07, 6.45) is -0.106. The molecule has 2 aromatic rings. The number of hydrogen-bond acceptors (Lipinski definition) is 6. The molecule has 1 aromatic heterocycles. The van der Waals surface area contributed by atoms with E-state index in [1.807, 2.05) is 36.9 Å². The van der Waals surface area contributed by atoms with E-state index in [2.05, 4.69) is 20.6 Å². The maximum absolute atomic E-state index is 13.0. The van der Waals surface area contributed by atoms with Crippen molar-refractivity contribution in [3.63, 3.8) is 0 Å². The summed E-state index contributed by atoms with van der Waals surface area (Å²) in [6, 6.07) is 5.67. The molecule has 4 rings (SSSR count). The highest BCUT2D eigenvalue weighted by Gasteiger charge is 2.35. The molecule has 1 aromatic carbocycles. The van der Waals surface area contributed by atoms with Crippen molar-refractivity contribution in [2.45, 2.75) is 26.2 Å². The number of ether oxygens (including phenoxy) is 1. The smallest absolute Gasteiger partial charge is 0.258 e. The van der Waals surface area contributed by atoms with Crippen molar-refractivity contribution in [2.75, 3.05) is 41.8 Å². The summed E-state index contributed by atoms with van der Waals surface area (Å²) in [5.74, 6) is -1.14. The van der Waals surface area contributed by atoms with Gasteiger partial charge < -0.3 is 20.3 Å². The third kappa shape index (κ3) is 3.86. The number of nitrogens with zero attached hydrogens (tertiary/aromatic N) is 2. The Morgan fingerprint density at radius 2 is 2.00 bits per heavy atom. The number of carbonyl (C=O) groups is 2. The van der Waals surface area contributed by atoms with Crippen LogP contribution in [0.4, 0.5) is 17.5 Å². The molecule has 29 heavy (non-hydrogen) atoms. The van der Waals surface area contributed by atoms with Crippen LogP contribution in [0, 0.1) is 13.8 Å². The van der Waals surface area contributed by atoms with Crippen molar-refractivity contribution in [3.05, 3.63) is 45.2 Å². The normalized spacial score (nSPS) is 18.8. The molecule has 9 nitrogen and oxygen atoms in total. The van der Waals surface area contributed by atoms with E-state index in [1.165, 1.54) is 0 Å². The van der Waals surface area contributed by atoms with Gasteiger partial charge in [-0.05, 0) is 25.5 Å². The van der Waals surface area contributed by atoms with Crippen LogP contribution < -0.4 is 21.1 Å². The third-order valence-corrected chi connectivity index (χ3v) is 5.21. The van der Waals surface area contributed by atoms with Crippen molar-refractivity contribution >= 4 is 29.3 Å². The molecule has 0 spiro atoms. The van der Waals surface area contributed by atoms with Crippen LogP contribution in [0.15, 0.2) is 23.0 Å². The van der Waals surface area contributed by atoms with Gasteiger partial charge in [-0.1, -0.05) is 17.7 Å². The zero-order valence-corrected chi connectivity index (χ0v) is 16.4. The molecule has 0 bridgehead atoms. The molecule has 1 atom stereocenters. The van der Waals surface area contributed by atoms with E-state index in [0.717, 1.165) is 11.1 Å². The number of benzene rings is 1. The van der Waals surface area contributed by atoms with Gasteiger partial charge in [-0.3, -0.25) is 19.4 Å². The van der Waals surface area contributed by atoms with Gasteiger partial charge in [0.25, 0.3) is 5.56 Å². The van der Waals surface area contributed by atoms with Gasteiger partial charge in [-0.15, -0.1) is 0 Å². The van der Waals surface area contributed by atoms with Gasteiger partial charge >= 0.3 is 0 Å². The van der Waals surface area contributed by atoms with Gasteiger partial charge in [-0.25, -0.2) is 0 Å². The maximum Gasteiger partial charge on any atom is 0.258 e. The number of nitrogens with one attached hydrogen (secondary N) is 3. The number of morpholine rings is 1. The average Bonchev–Trinajstić information content (AvgIpc) is 2.69. The first-order valence-corrected chi connectivity index (χ1v) is 9.57.